The second kappa shape index (κ2) is 13.1. The molecule has 1 atom stereocenters. The molecular formula is C23H36N2O5. The fourth-order valence-electron chi connectivity index (χ4n) is 3.37. The SMILES string of the molecule is CCCCNC(=O)N(CCOc1ccc(CC(OCC)C(=O)O)cc1)CC1CCC1. The van der Waals surface area contributed by atoms with E-state index in [1.165, 1.54) is 19.3 Å². The number of ether oxygens (including phenoxy) is 2. The molecule has 0 radical (unpaired) electrons. The van der Waals surface area contributed by atoms with Crippen molar-refractivity contribution in [2.24, 2.45) is 5.92 Å². The topological polar surface area (TPSA) is 88.1 Å². The van der Waals surface area contributed by atoms with Gasteiger partial charge in [-0.25, -0.2) is 9.59 Å². The first-order chi connectivity index (χ1) is 14.5. The number of benzene rings is 1. The summed E-state index contributed by atoms with van der Waals surface area (Å²) in [4.78, 5) is 25.6. The van der Waals surface area contributed by atoms with Crippen molar-refractivity contribution in [1.82, 2.24) is 10.2 Å². The Morgan fingerprint density at radius 3 is 2.53 bits per heavy atom. The molecule has 7 heteroatoms. The van der Waals surface area contributed by atoms with Gasteiger partial charge in [-0.05, 0) is 49.8 Å². The fraction of sp³-hybridized carbons (Fsp3) is 0.652. The summed E-state index contributed by atoms with van der Waals surface area (Å²) in [7, 11) is 0. The van der Waals surface area contributed by atoms with Crippen LogP contribution in [0, 0.1) is 5.92 Å². The van der Waals surface area contributed by atoms with Gasteiger partial charge in [0.25, 0.3) is 0 Å². The van der Waals surface area contributed by atoms with Gasteiger partial charge in [-0.15, -0.1) is 0 Å². The lowest BCUT2D eigenvalue weighted by Gasteiger charge is -2.32. The van der Waals surface area contributed by atoms with Crippen molar-refractivity contribution in [1.29, 1.82) is 0 Å². The van der Waals surface area contributed by atoms with Gasteiger partial charge in [-0.2, -0.15) is 0 Å². The van der Waals surface area contributed by atoms with E-state index < -0.39 is 12.1 Å². The maximum absolute atomic E-state index is 12.5. The Balaban J connectivity index is 1.81. The van der Waals surface area contributed by atoms with Crippen LogP contribution in [0.15, 0.2) is 24.3 Å². The smallest absolute Gasteiger partial charge is 0.333 e. The maximum atomic E-state index is 12.5. The standard InChI is InChI=1S/C23H36N2O5/c1-3-5-13-24-23(28)25(17-19-7-6-8-19)14-15-30-20-11-9-18(10-12-20)16-21(22(26)27)29-4-2/h9-12,19,21H,3-8,13-17H2,1-2H3,(H,24,28)(H,26,27). The number of carbonyl (C=O) groups excluding carboxylic acids is 1. The van der Waals surface area contributed by atoms with E-state index in [0.717, 1.165) is 24.9 Å². The van der Waals surface area contributed by atoms with Crippen molar-refractivity contribution in [3.8, 4) is 5.75 Å². The number of amides is 2. The molecule has 0 bridgehead atoms. The van der Waals surface area contributed by atoms with Gasteiger partial charge >= 0.3 is 12.0 Å². The lowest BCUT2D eigenvalue weighted by Crippen LogP contribution is -2.45. The zero-order valence-corrected chi connectivity index (χ0v) is 18.3. The van der Waals surface area contributed by atoms with Crippen molar-refractivity contribution < 1.29 is 24.2 Å². The zero-order valence-electron chi connectivity index (χ0n) is 18.3. The Morgan fingerprint density at radius 1 is 1.23 bits per heavy atom. The van der Waals surface area contributed by atoms with Crippen molar-refractivity contribution in [3.05, 3.63) is 29.8 Å². The summed E-state index contributed by atoms with van der Waals surface area (Å²) in [5, 5.41) is 12.2. The van der Waals surface area contributed by atoms with Gasteiger partial charge in [0.15, 0.2) is 6.10 Å². The molecule has 1 aliphatic carbocycles. The van der Waals surface area contributed by atoms with E-state index in [9.17, 15) is 14.7 Å². The number of urea groups is 1. The van der Waals surface area contributed by atoms with E-state index in [-0.39, 0.29) is 6.03 Å². The Hall–Kier alpha value is -2.28. The number of carboxylic acids is 1. The van der Waals surface area contributed by atoms with Crippen molar-refractivity contribution in [2.45, 2.75) is 58.5 Å². The highest BCUT2D eigenvalue weighted by molar-refractivity contribution is 5.74. The van der Waals surface area contributed by atoms with Crippen LogP contribution in [0.5, 0.6) is 5.75 Å². The third kappa shape index (κ3) is 8.22. The third-order valence-electron chi connectivity index (χ3n) is 5.41. The van der Waals surface area contributed by atoms with Crippen LogP contribution in [0.4, 0.5) is 4.79 Å². The molecule has 168 valence electrons. The first-order valence-corrected chi connectivity index (χ1v) is 11.1. The highest BCUT2D eigenvalue weighted by atomic mass is 16.5. The number of nitrogens with one attached hydrogen (secondary N) is 1. The van der Waals surface area contributed by atoms with Gasteiger partial charge in [0, 0.05) is 26.1 Å². The Kier molecular flexibility index (Phi) is 10.5. The molecule has 2 N–H and O–H groups in total. The summed E-state index contributed by atoms with van der Waals surface area (Å²) in [6.45, 7) is 6.71. The summed E-state index contributed by atoms with van der Waals surface area (Å²) >= 11 is 0. The molecule has 0 saturated heterocycles. The number of rotatable bonds is 14. The molecule has 1 aliphatic rings. The highest BCUT2D eigenvalue weighted by Gasteiger charge is 2.23. The summed E-state index contributed by atoms with van der Waals surface area (Å²) in [5.74, 6) is 0.353. The molecule has 2 amide bonds. The number of hydrogen-bond acceptors (Lipinski definition) is 4. The van der Waals surface area contributed by atoms with Crippen LogP contribution < -0.4 is 10.1 Å². The van der Waals surface area contributed by atoms with E-state index in [4.69, 9.17) is 9.47 Å². The normalized spacial score (nSPS) is 14.6. The monoisotopic (exact) mass is 420 g/mol. The van der Waals surface area contributed by atoms with Gasteiger partial charge in [0.2, 0.25) is 0 Å². The number of hydrogen-bond donors (Lipinski definition) is 2. The molecule has 1 fully saturated rings. The molecule has 30 heavy (non-hydrogen) atoms. The van der Waals surface area contributed by atoms with Gasteiger partial charge in [-0.1, -0.05) is 31.9 Å². The second-order valence-corrected chi connectivity index (χ2v) is 7.81. The second-order valence-electron chi connectivity index (χ2n) is 7.81. The predicted octanol–water partition coefficient (Wildman–Crippen LogP) is 3.71. The fourth-order valence-corrected chi connectivity index (χ4v) is 3.37. The van der Waals surface area contributed by atoms with Crippen LogP contribution in [0.1, 0.15) is 51.5 Å². The van der Waals surface area contributed by atoms with Crippen molar-refractivity contribution in [3.63, 3.8) is 0 Å². The molecule has 1 unspecified atom stereocenters. The molecule has 1 saturated carbocycles. The van der Waals surface area contributed by atoms with Crippen LogP contribution in [-0.2, 0) is 16.0 Å². The molecule has 0 heterocycles. The van der Waals surface area contributed by atoms with Crippen molar-refractivity contribution >= 4 is 12.0 Å². The predicted molar refractivity (Wildman–Crippen MR) is 116 cm³/mol. The van der Waals surface area contributed by atoms with Gasteiger partial charge in [-0.3, -0.25) is 0 Å². The minimum Gasteiger partial charge on any atom is -0.492 e. The molecule has 0 aliphatic heterocycles. The van der Waals surface area contributed by atoms with Crippen LogP contribution in [-0.4, -0.2) is 61.0 Å². The van der Waals surface area contributed by atoms with E-state index in [2.05, 4.69) is 12.2 Å². The molecule has 0 aromatic heterocycles. The number of aliphatic carboxylic acids is 1. The van der Waals surface area contributed by atoms with Crippen LogP contribution in [0.2, 0.25) is 0 Å². The Labute approximate surface area is 179 Å². The summed E-state index contributed by atoms with van der Waals surface area (Å²) < 4.78 is 11.1. The van der Waals surface area contributed by atoms with Crippen LogP contribution in [0.25, 0.3) is 0 Å². The molecule has 7 nitrogen and oxygen atoms in total. The van der Waals surface area contributed by atoms with Crippen LogP contribution in [0.3, 0.4) is 0 Å². The highest BCUT2D eigenvalue weighted by Crippen LogP contribution is 2.27. The Bertz CT molecular complexity index is 645. The summed E-state index contributed by atoms with van der Waals surface area (Å²) in [6.07, 6.45) is 5.16. The minimum atomic E-state index is -0.957. The molecule has 2 rings (SSSR count). The number of carboxylic acid groups (broad SMARTS) is 1. The van der Waals surface area contributed by atoms with Crippen molar-refractivity contribution in [2.75, 3.05) is 32.8 Å². The van der Waals surface area contributed by atoms with Gasteiger partial charge in [0.1, 0.15) is 12.4 Å². The number of carbonyl (C=O) groups is 2. The zero-order chi connectivity index (χ0) is 21.8. The van der Waals surface area contributed by atoms with E-state index >= 15 is 0 Å². The minimum absolute atomic E-state index is 0.00932. The average Bonchev–Trinajstić information content (AvgIpc) is 2.70. The maximum Gasteiger partial charge on any atom is 0.333 e. The van der Waals surface area contributed by atoms with E-state index in [1.807, 2.05) is 29.2 Å². The first-order valence-electron chi connectivity index (χ1n) is 11.1. The lowest BCUT2D eigenvalue weighted by atomic mass is 9.85. The quantitative estimate of drug-likeness (QED) is 0.448. The molecule has 1 aromatic rings. The lowest BCUT2D eigenvalue weighted by molar-refractivity contribution is -0.149. The molecular weight excluding hydrogens is 384 g/mol. The summed E-state index contributed by atoms with van der Waals surface area (Å²) in [5.41, 5.74) is 0.880. The van der Waals surface area contributed by atoms with E-state index in [1.54, 1.807) is 6.92 Å². The molecule has 0 spiro atoms. The van der Waals surface area contributed by atoms with E-state index in [0.29, 0.717) is 44.4 Å². The molecule has 1 aromatic carbocycles. The summed E-state index contributed by atoms with van der Waals surface area (Å²) in [6, 6.07) is 7.36. The third-order valence-corrected chi connectivity index (χ3v) is 5.41. The number of nitrogens with zero attached hydrogens (tertiary/aromatic N) is 1. The van der Waals surface area contributed by atoms with Gasteiger partial charge < -0.3 is 24.8 Å². The largest absolute Gasteiger partial charge is 0.492 e. The van der Waals surface area contributed by atoms with Crippen LogP contribution >= 0.6 is 0 Å². The Morgan fingerprint density at radius 2 is 1.97 bits per heavy atom. The first kappa shape index (κ1) is 24.0. The number of unbranched alkanes of at least 4 members (excludes halogenated alkanes) is 1. The van der Waals surface area contributed by atoms with Gasteiger partial charge in [0.05, 0.1) is 6.54 Å². The average molecular weight is 421 g/mol.